The van der Waals surface area contributed by atoms with Crippen molar-refractivity contribution in [3.05, 3.63) is 64.0 Å². The SMILES string of the molecule is CN1C(=O)/C(=C\c2ccccc2OCC(N)=O)SC1=Nc1ccccc1Cl. The molecule has 2 aromatic rings. The number of carbonyl (C=O) groups excluding carboxylic acids is 2. The van der Waals surface area contributed by atoms with Gasteiger partial charge in [-0.2, -0.15) is 0 Å². The molecular formula is C19H16ClN3O3S. The number of para-hydroxylation sites is 2. The van der Waals surface area contributed by atoms with Crippen molar-refractivity contribution in [1.82, 2.24) is 4.90 Å². The van der Waals surface area contributed by atoms with E-state index < -0.39 is 5.91 Å². The van der Waals surface area contributed by atoms with E-state index in [9.17, 15) is 9.59 Å². The summed E-state index contributed by atoms with van der Waals surface area (Å²) in [4.78, 5) is 30.0. The predicted octanol–water partition coefficient (Wildman–Crippen LogP) is 3.44. The topological polar surface area (TPSA) is 85.0 Å². The van der Waals surface area contributed by atoms with Gasteiger partial charge in [-0.25, -0.2) is 4.99 Å². The molecule has 27 heavy (non-hydrogen) atoms. The first-order chi connectivity index (χ1) is 13.0. The first kappa shape index (κ1) is 19.0. The van der Waals surface area contributed by atoms with Crippen molar-refractivity contribution in [2.45, 2.75) is 0 Å². The molecule has 1 heterocycles. The lowest BCUT2D eigenvalue weighted by atomic mass is 10.2. The number of amides is 2. The molecule has 2 amide bonds. The smallest absolute Gasteiger partial charge is 0.266 e. The Kier molecular flexibility index (Phi) is 5.83. The molecular weight excluding hydrogens is 386 g/mol. The molecule has 8 heteroatoms. The molecule has 0 aliphatic carbocycles. The van der Waals surface area contributed by atoms with Gasteiger partial charge in [0.05, 0.1) is 15.6 Å². The van der Waals surface area contributed by atoms with Gasteiger partial charge in [0.1, 0.15) is 5.75 Å². The third-order valence-corrected chi connectivity index (χ3v) is 5.03. The molecule has 138 valence electrons. The Morgan fingerprint density at radius 2 is 1.96 bits per heavy atom. The zero-order chi connectivity index (χ0) is 19.4. The van der Waals surface area contributed by atoms with Crippen molar-refractivity contribution < 1.29 is 14.3 Å². The molecule has 0 aromatic heterocycles. The molecule has 3 rings (SSSR count). The van der Waals surface area contributed by atoms with E-state index in [1.807, 2.05) is 18.2 Å². The number of ether oxygens (including phenoxy) is 1. The van der Waals surface area contributed by atoms with E-state index in [1.165, 1.54) is 16.7 Å². The molecule has 0 saturated carbocycles. The van der Waals surface area contributed by atoms with E-state index in [-0.39, 0.29) is 12.5 Å². The lowest BCUT2D eigenvalue weighted by Gasteiger charge is -2.08. The Bertz CT molecular complexity index is 959. The van der Waals surface area contributed by atoms with Crippen LogP contribution in [0.5, 0.6) is 5.75 Å². The minimum Gasteiger partial charge on any atom is -0.483 e. The number of nitrogens with two attached hydrogens (primary N) is 1. The standard InChI is InChI=1S/C19H16ClN3O3S/c1-23-18(25)16(27-19(23)22-14-8-4-3-7-13(14)20)10-12-6-2-5-9-15(12)26-11-17(21)24/h2-10H,11H2,1H3,(H2,21,24)/b16-10+,22-19?. The fraction of sp³-hybridized carbons (Fsp3) is 0.105. The molecule has 6 nitrogen and oxygen atoms in total. The fourth-order valence-corrected chi connectivity index (χ4v) is 3.47. The number of amidine groups is 1. The number of hydrogen-bond donors (Lipinski definition) is 1. The second-order valence-corrected chi connectivity index (χ2v) is 7.03. The summed E-state index contributed by atoms with van der Waals surface area (Å²) in [5, 5.41) is 1.03. The summed E-state index contributed by atoms with van der Waals surface area (Å²) in [6.45, 7) is -0.236. The van der Waals surface area contributed by atoms with Gasteiger partial charge in [-0.05, 0) is 36.0 Å². The van der Waals surface area contributed by atoms with Crippen molar-refractivity contribution >= 4 is 52.1 Å². The number of nitrogens with zero attached hydrogens (tertiary/aromatic N) is 2. The maximum Gasteiger partial charge on any atom is 0.266 e. The van der Waals surface area contributed by atoms with E-state index in [0.29, 0.717) is 32.1 Å². The summed E-state index contributed by atoms with van der Waals surface area (Å²) < 4.78 is 5.41. The molecule has 1 fully saturated rings. The number of halogens is 1. The summed E-state index contributed by atoms with van der Waals surface area (Å²) in [5.74, 6) is -0.287. The maximum absolute atomic E-state index is 12.6. The average molecular weight is 402 g/mol. The Morgan fingerprint density at radius 3 is 2.70 bits per heavy atom. The second-order valence-electron chi connectivity index (χ2n) is 5.61. The van der Waals surface area contributed by atoms with Crippen LogP contribution < -0.4 is 10.5 Å². The summed E-state index contributed by atoms with van der Waals surface area (Å²) in [7, 11) is 1.65. The van der Waals surface area contributed by atoms with Gasteiger partial charge in [0, 0.05) is 12.6 Å². The van der Waals surface area contributed by atoms with Gasteiger partial charge in [0.25, 0.3) is 11.8 Å². The lowest BCUT2D eigenvalue weighted by molar-refractivity contribution is -0.121. The van der Waals surface area contributed by atoms with E-state index in [1.54, 1.807) is 43.5 Å². The number of hydrogen-bond acceptors (Lipinski definition) is 5. The zero-order valence-electron chi connectivity index (χ0n) is 14.4. The van der Waals surface area contributed by atoms with Gasteiger partial charge in [-0.1, -0.05) is 41.9 Å². The van der Waals surface area contributed by atoms with Crippen LogP contribution in [-0.4, -0.2) is 35.5 Å². The highest BCUT2D eigenvalue weighted by molar-refractivity contribution is 8.18. The monoisotopic (exact) mass is 401 g/mol. The second kappa shape index (κ2) is 8.28. The minimum atomic E-state index is -0.572. The maximum atomic E-state index is 12.6. The molecule has 2 N–H and O–H groups in total. The predicted molar refractivity (Wildman–Crippen MR) is 108 cm³/mol. The highest BCUT2D eigenvalue weighted by Gasteiger charge is 2.30. The van der Waals surface area contributed by atoms with Crippen molar-refractivity contribution in [1.29, 1.82) is 0 Å². The number of primary amides is 1. The quantitative estimate of drug-likeness (QED) is 0.777. The van der Waals surface area contributed by atoms with Crippen molar-refractivity contribution in [2.24, 2.45) is 10.7 Å². The van der Waals surface area contributed by atoms with Crippen molar-refractivity contribution in [2.75, 3.05) is 13.7 Å². The van der Waals surface area contributed by atoms with Gasteiger partial charge in [0.2, 0.25) is 0 Å². The number of benzene rings is 2. The average Bonchev–Trinajstić information content (AvgIpc) is 2.91. The molecule has 1 aliphatic heterocycles. The van der Waals surface area contributed by atoms with Crippen LogP contribution in [0.3, 0.4) is 0 Å². The molecule has 1 aliphatic rings. The number of aliphatic imine (C=N–C) groups is 1. The van der Waals surface area contributed by atoms with Gasteiger partial charge in [0.15, 0.2) is 11.8 Å². The van der Waals surface area contributed by atoms with Crippen LogP contribution in [0.15, 0.2) is 58.4 Å². The van der Waals surface area contributed by atoms with E-state index in [4.69, 9.17) is 22.1 Å². The zero-order valence-corrected chi connectivity index (χ0v) is 16.0. The Labute approximate surface area is 165 Å². The lowest BCUT2D eigenvalue weighted by Crippen LogP contribution is -2.23. The van der Waals surface area contributed by atoms with Crippen LogP contribution in [0.4, 0.5) is 5.69 Å². The molecule has 0 atom stereocenters. The summed E-state index contributed by atoms with van der Waals surface area (Å²) in [5.41, 5.74) is 6.39. The fourth-order valence-electron chi connectivity index (χ4n) is 2.32. The van der Waals surface area contributed by atoms with E-state index >= 15 is 0 Å². The van der Waals surface area contributed by atoms with Gasteiger partial charge < -0.3 is 10.5 Å². The van der Waals surface area contributed by atoms with Gasteiger partial charge >= 0.3 is 0 Å². The summed E-state index contributed by atoms with van der Waals surface area (Å²) >= 11 is 7.39. The first-order valence-electron chi connectivity index (χ1n) is 7.96. The molecule has 2 aromatic carbocycles. The minimum absolute atomic E-state index is 0.185. The largest absolute Gasteiger partial charge is 0.483 e. The van der Waals surface area contributed by atoms with Crippen molar-refractivity contribution in [3.63, 3.8) is 0 Å². The van der Waals surface area contributed by atoms with Crippen LogP contribution in [0.2, 0.25) is 5.02 Å². The number of likely N-dealkylation sites (N-methyl/N-ethyl adjacent to an activating group) is 1. The van der Waals surface area contributed by atoms with Gasteiger partial charge in [-0.3, -0.25) is 14.5 Å². The third kappa shape index (κ3) is 4.50. The van der Waals surface area contributed by atoms with Crippen LogP contribution >= 0.6 is 23.4 Å². The summed E-state index contributed by atoms with van der Waals surface area (Å²) in [6.07, 6.45) is 1.70. The number of rotatable bonds is 5. The molecule has 0 unspecified atom stereocenters. The molecule has 0 bridgehead atoms. The van der Waals surface area contributed by atoms with Gasteiger partial charge in [-0.15, -0.1) is 0 Å². The number of thioether (sulfide) groups is 1. The molecule has 0 spiro atoms. The first-order valence-corrected chi connectivity index (χ1v) is 9.16. The Morgan fingerprint density at radius 1 is 1.26 bits per heavy atom. The summed E-state index contributed by atoms with van der Waals surface area (Å²) in [6, 6.07) is 14.3. The van der Waals surface area contributed by atoms with Crippen LogP contribution in [0.25, 0.3) is 6.08 Å². The van der Waals surface area contributed by atoms with Crippen LogP contribution in [-0.2, 0) is 9.59 Å². The Hall–Kier alpha value is -2.77. The highest BCUT2D eigenvalue weighted by Crippen LogP contribution is 2.35. The highest BCUT2D eigenvalue weighted by atomic mass is 35.5. The molecule has 1 saturated heterocycles. The van der Waals surface area contributed by atoms with Crippen molar-refractivity contribution in [3.8, 4) is 5.75 Å². The Balaban J connectivity index is 1.89. The third-order valence-electron chi connectivity index (χ3n) is 3.65. The van der Waals surface area contributed by atoms with Crippen LogP contribution in [0, 0.1) is 0 Å². The number of carbonyl (C=O) groups is 2. The van der Waals surface area contributed by atoms with E-state index in [2.05, 4.69) is 4.99 Å². The normalized spacial score (nSPS) is 17.0. The van der Waals surface area contributed by atoms with E-state index in [0.717, 1.165) is 0 Å². The molecule has 0 radical (unpaired) electrons. The van der Waals surface area contributed by atoms with Crippen LogP contribution in [0.1, 0.15) is 5.56 Å².